The number of nitrogens with two attached hydrogens (primary N) is 1. The number of aryl methyl sites for hydroxylation is 1. The summed E-state index contributed by atoms with van der Waals surface area (Å²) < 4.78 is 19.8. The first-order valence-electron chi connectivity index (χ1n) is 6.65. The minimum absolute atomic E-state index is 0.315. The van der Waals surface area contributed by atoms with Crippen LogP contribution in [-0.4, -0.2) is 6.10 Å². The second-order valence-corrected chi connectivity index (χ2v) is 5.39. The van der Waals surface area contributed by atoms with E-state index in [-0.39, 0.29) is 11.9 Å². The summed E-state index contributed by atoms with van der Waals surface area (Å²) in [5, 5.41) is 0.582. The summed E-state index contributed by atoms with van der Waals surface area (Å²) in [5.74, 6) is 5.88. The van der Waals surface area contributed by atoms with Gasteiger partial charge in [-0.2, -0.15) is 0 Å². The van der Waals surface area contributed by atoms with Gasteiger partial charge in [0.2, 0.25) is 0 Å². The topological polar surface area (TPSA) is 47.3 Å². The number of hydrogen-bond acceptors (Lipinski definition) is 3. The van der Waals surface area contributed by atoms with Crippen molar-refractivity contribution in [2.24, 2.45) is 5.84 Å². The highest BCUT2D eigenvalue weighted by Crippen LogP contribution is 2.25. The normalized spacial score (nSPS) is 13.8. The number of hydrogen-bond donors (Lipinski definition) is 2. The second-order valence-electron chi connectivity index (χ2n) is 4.95. The molecule has 0 amide bonds. The molecule has 2 aromatic rings. The fraction of sp³-hybridized carbons (Fsp3) is 0.250. The molecule has 0 aliphatic heterocycles. The molecule has 0 spiro atoms. The molecule has 21 heavy (non-hydrogen) atoms. The molecule has 0 aliphatic carbocycles. The van der Waals surface area contributed by atoms with Crippen molar-refractivity contribution in [3.63, 3.8) is 0 Å². The van der Waals surface area contributed by atoms with Crippen LogP contribution in [0.4, 0.5) is 4.39 Å². The van der Waals surface area contributed by atoms with Crippen LogP contribution >= 0.6 is 11.6 Å². The Morgan fingerprint density at radius 3 is 2.67 bits per heavy atom. The van der Waals surface area contributed by atoms with Gasteiger partial charge in [-0.15, -0.1) is 0 Å². The van der Waals surface area contributed by atoms with Crippen LogP contribution in [0.3, 0.4) is 0 Å². The van der Waals surface area contributed by atoms with E-state index in [1.54, 1.807) is 36.4 Å². The van der Waals surface area contributed by atoms with E-state index in [0.29, 0.717) is 16.3 Å². The van der Waals surface area contributed by atoms with E-state index in [2.05, 4.69) is 5.43 Å². The van der Waals surface area contributed by atoms with Crippen LogP contribution in [0.1, 0.15) is 24.1 Å². The minimum Gasteiger partial charge on any atom is -0.489 e. The molecule has 3 nitrogen and oxygen atoms in total. The molecule has 3 N–H and O–H groups in total. The summed E-state index contributed by atoms with van der Waals surface area (Å²) in [6.45, 7) is 3.73. The van der Waals surface area contributed by atoms with E-state index in [4.69, 9.17) is 22.2 Å². The second kappa shape index (κ2) is 6.89. The molecule has 2 atom stereocenters. The molecule has 2 rings (SSSR count). The average Bonchev–Trinajstić information content (AvgIpc) is 2.43. The molecule has 5 heteroatoms. The predicted molar refractivity (Wildman–Crippen MR) is 82.7 cm³/mol. The lowest BCUT2D eigenvalue weighted by atomic mass is 10.00. The smallest absolute Gasteiger partial charge is 0.128 e. The maximum Gasteiger partial charge on any atom is 0.128 e. The van der Waals surface area contributed by atoms with Gasteiger partial charge < -0.3 is 4.74 Å². The molecule has 2 unspecified atom stereocenters. The van der Waals surface area contributed by atoms with Crippen molar-refractivity contribution < 1.29 is 9.13 Å². The Kier molecular flexibility index (Phi) is 5.17. The van der Waals surface area contributed by atoms with Gasteiger partial charge >= 0.3 is 0 Å². The van der Waals surface area contributed by atoms with Crippen molar-refractivity contribution in [2.75, 3.05) is 0 Å². The third kappa shape index (κ3) is 3.94. The van der Waals surface area contributed by atoms with Crippen LogP contribution in [0.2, 0.25) is 5.02 Å². The van der Waals surface area contributed by atoms with Crippen molar-refractivity contribution in [3.8, 4) is 5.75 Å². The average molecular weight is 309 g/mol. The van der Waals surface area contributed by atoms with Gasteiger partial charge in [0, 0.05) is 10.6 Å². The van der Waals surface area contributed by atoms with Crippen molar-refractivity contribution >= 4 is 11.6 Å². The summed E-state index contributed by atoms with van der Waals surface area (Å²) in [5.41, 5.74) is 4.06. The first-order valence-corrected chi connectivity index (χ1v) is 7.03. The fourth-order valence-corrected chi connectivity index (χ4v) is 2.38. The Labute approximate surface area is 128 Å². The van der Waals surface area contributed by atoms with Gasteiger partial charge in [0.05, 0.1) is 6.04 Å². The summed E-state index contributed by atoms with van der Waals surface area (Å²) in [6, 6.07) is 11.5. The van der Waals surface area contributed by atoms with E-state index in [1.165, 1.54) is 6.07 Å². The van der Waals surface area contributed by atoms with Crippen LogP contribution in [0.25, 0.3) is 0 Å². The fourth-order valence-electron chi connectivity index (χ4n) is 2.20. The van der Waals surface area contributed by atoms with Crippen molar-refractivity contribution in [1.82, 2.24) is 5.43 Å². The number of benzene rings is 2. The van der Waals surface area contributed by atoms with Gasteiger partial charge in [0.1, 0.15) is 17.7 Å². The summed E-state index contributed by atoms with van der Waals surface area (Å²) >= 11 is 5.92. The standard InChI is InChI=1S/C16H18ClFN2O/c1-10-6-7-15(18)14(8-10)16(20-19)11(2)21-13-5-3-4-12(17)9-13/h3-9,11,16,20H,19H2,1-2H3. The highest BCUT2D eigenvalue weighted by atomic mass is 35.5. The van der Waals surface area contributed by atoms with Crippen LogP contribution in [-0.2, 0) is 0 Å². The van der Waals surface area contributed by atoms with E-state index >= 15 is 0 Å². The van der Waals surface area contributed by atoms with Crippen molar-refractivity contribution in [1.29, 1.82) is 0 Å². The molecule has 0 heterocycles. The molecule has 0 radical (unpaired) electrons. The van der Waals surface area contributed by atoms with Crippen molar-refractivity contribution in [2.45, 2.75) is 26.0 Å². The van der Waals surface area contributed by atoms with Gasteiger partial charge in [0.15, 0.2) is 0 Å². The molecular weight excluding hydrogens is 291 g/mol. The third-order valence-electron chi connectivity index (χ3n) is 3.25. The zero-order valence-corrected chi connectivity index (χ0v) is 12.7. The van der Waals surface area contributed by atoms with E-state index in [1.807, 2.05) is 13.8 Å². The Balaban J connectivity index is 2.22. The zero-order valence-electron chi connectivity index (χ0n) is 11.9. The molecule has 0 bridgehead atoms. The molecular formula is C16H18ClFN2O. The quantitative estimate of drug-likeness (QED) is 0.653. The Morgan fingerprint density at radius 2 is 2.00 bits per heavy atom. The molecule has 112 valence electrons. The molecule has 0 saturated carbocycles. The Bertz CT molecular complexity index is 621. The van der Waals surface area contributed by atoms with E-state index in [0.717, 1.165) is 5.56 Å². The predicted octanol–water partition coefficient (Wildman–Crippen LogP) is 3.76. The molecule has 0 saturated heterocycles. The first kappa shape index (κ1) is 15.8. The van der Waals surface area contributed by atoms with E-state index < -0.39 is 6.04 Å². The van der Waals surface area contributed by atoms with Gasteiger partial charge in [-0.25, -0.2) is 9.82 Å². The van der Waals surface area contributed by atoms with Crippen molar-refractivity contribution in [3.05, 3.63) is 64.4 Å². The molecule has 0 aliphatic rings. The molecule has 0 aromatic heterocycles. The van der Waals surface area contributed by atoms with Crippen LogP contribution < -0.4 is 16.0 Å². The van der Waals surface area contributed by atoms with Crippen LogP contribution in [0, 0.1) is 12.7 Å². The summed E-state index contributed by atoms with van der Waals surface area (Å²) in [6.07, 6.45) is -0.371. The number of hydrazine groups is 1. The number of halogens is 2. The van der Waals surface area contributed by atoms with Crippen LogP contribution in [0.15, 0.2) is 42.5 Å². The number of ether oxygens (including phenoxy) is 1. The Morgan fingerprint density at radius 1 is 1.24 bits per heavy atom. The summed E-state index contributed by atoms with van der Waals surface area (Å²) in [7, 11) is 0. The molecule has 2 aromatic carbocycles. The largest absolute Gasteiger partial charge is 0.489 e. The van der Waals surface area contributed by atoms with Gasteiger partial charge in [-0.05, 0) is 38.1 Å². The Hall–Kier alpha value is -1.62. The maximum atomic E-state index is 14.0. The highest BCUT2D eigenvalue weighted by molar-refractivity contribution is 6.30. The lowest BCUT2D eigenvalue weighted by Crippen LogP contribution is -2.38. The summed E-state index contributed by atoms with van der Waals surface area (Å²) in [4.78, 5) is 0. The van der Waals surface area contributed by atoms with E-state index in [9.17, 15) is 4.39 Å². The SMILES string of the molecule is Cc1ccc(F)c(C(NN)C(C)Oc2cccc(Cl)c2)c1. The lowest BCUT2D eigenvalue weighted by molar-refractivity contribution is 0.169. The minimum atomic E-state index is -0.469. The van der Waals surface area contributed by atoms with Gasteiger partial charge in [-0.1, -0.05) is 35.4 Å². The maximum absolute atomic E-state index is 14.0. The highest BCUT2D eigenvalue weighted by Gasteiger charge is 2.23. The van der Waals surface area contributed by atoms with Gasteiger partial charge in [-0.3, -0.25) is 5.84 Å². The molecule has 0 fully saturated rings. The zero-order chi connectivity index (χ0) is 15.4. The van der Waals surface area contributed by atoms with Crippen LogP contribution in [0.5, 0.6) is 5.75 Å². The monoisotopic (exact) mass is 308 g/mol. The number of rotatable bonds is 5. The van der Waals surface area contributed by atoms with Gasteiger partial charge in [0.25, 0.3) is 0 Å². The first-order chi connectivity index (χ1) is 10.0. The third-order valence-corrected chi connectivity index (χ3v) is 3.49. The number of nitrogens with one attached hydrogen (secondary N) is 1. The lowest BCUT2D eigenvalue weighted by Gasteiger charge is -2.25.